The molecule has 1 N–H and O–H groups in total. The highest BCUT2D eigenvalue weighted by molar-refractivity contribution is 5.77. The topological polar surface area (TPSA) is 32.6 Å². The molecule has 0 unspecified atom stereocenters. The number of benzene rings is 3. The summed E-state index contributed by atoms with van der Waals surface area (Å²) in [5.41, 5.74) is 2.09. The fraction of sp³-hybridized carbons (Fsp3) is 0.0769. The standard InChI is InChI=1S/C26H16F5N3/c27-21-7-3-5-19(24(21)28)25-32-22-12-13-34(15-23(22)33-25)14-16-8-10-17(11-9-16)18-4-1-2-6-20(18)26(29,30)31/h1-13,15H,14H2/p+1. The number of nitrogens with zero attached hydrogens (tertiary/aromatic N) is 2. The smallest absolute Gasteiger partial charge is 0.333 e. The number of imidazole rings is 1. The summed E-state index contributed by atoms with van der Waals surface area (Å²) >= 11 is 0. The lowest BCUT2D eigenvalue weighted by molar-refractivity contribution is -0.687. The minimum Gasteiger partial charge on any atom is -0.333 e. The quantitative estimate of drug-likeness (QED) is 0.237. The van der Waals surface area contributed by atoms with Gasteiger partial charge >= 0.3 is 6.18 Å². The third-order valence-electron chi connectivity index (χ3n) is 5.55. The van der Waals surface area contributed by atoms with Crippen LogP contribution in [0.4, 0.5) is 22.0 Å². The van der Waals surface area contributed by atoms with E-state index in [1.54, 1.807) is 48.8 Å². The van der Waals surface area contributed by atoms with Crippen LogP contribution in [0.1, 0.15) is 11.1 Å². The third kappa shape index (κ3) is 4.14. The van der Waals surface area contributed by atoms with Crippen molar-refractivity contribution in [2.75, 3.05) is 0 Å². The second-order valence-corrected chi connectivity index (χ2v) is 7.84. The highest BCUT2D eigenvalue weighted by atomic mass is 19.4. The van der Waals surface area contributed by atoms with Gasteiger partial charge in [0.2, 0.25) is 0 Å². The Bertz CT molecular complexity index is 1490. The van der Waals surface area contributed by atoms with Crippen LogP contribution in [0.25, 0.3) is 33.5 Å². The first-order chi connectivity index (χ1) is 16.3. The van der Waals surface area contributed by atoms with Gasteiger partial charge in [-0.25, -0.2) is 13.8 Å². The zero-order valence-electron chi connectivity index (χ0n) is 17.6. The van der Waals surface area contributed by atoms with Gasteiger partial charge in [0.1, 0.15) is 16.9 Å². The molecule has 3 nitrogen and oxygen atoms in total. The fourth-order valence-electron chi connectivity index (χ4n) is 3.90. The molecule has 2 aromatic heterocycles. The predicted molar refractivity (Wildman–Crippen MR) is 118 cm³/mol. The van der Waals surface area contributed by atoms with E-state index in [2.05, 4.69) is 9.97 Å². The van der Waals surface area contributed by atoms with Crippen molar-refractivity contribution in [1.29, 1.82) is 0 Å². The normalized spacial score (nSPS) is 11.8. The number of pyridine rings is 1. The van der Waals surface area contributed by atoms with Gasteiger partial charge in [-0.3, -0.25) is 0 Å². The van der Waals surface area contributed by atoms with E-state index in [0.717, 1.165) is 17.7 Å². The van der Waals surface area contributed by atoms with E-state index < -0.39 is 23.4 Å². The van der Waals surface area contributed by atoms with E-state index >= 15 is 0 Å². The molecule has 3 aromatic carbocycles. The molecule has 8 heteroatoms. The van der Waals surface area contributed by atoms with E-state index in [9.17, 15) is 22.0 Å². The number of rotatable bonds is 4. The van der Waals surface area contributed by atoms with Gasteiger partial charge in [0.25, 0.3) is 0 Å². The average molecular weight is 466 g/mol. The molecule has 5 rings (SSSR count). The van der Waals surface area contributed by atoms with Gasteiger partial charge in [-0.05, 0) is 29.3 Å². The molecule has 34 heavy (non-hydrogen) atoms. The largest absolute Gasteiger partial charge is 0.417 e. The Hall–Kier alpha value is -4.07. The zero-order valence-corrected chi connectivity index (χ0v) is 17.6. The Labute approximate surface area is 191 Å². The van der Waals surface area contributed by atoms with Crippen LogP contribution in [-0.2, 0) is 12.7 Å². The predicted octanol–water partition coefficient (Wildman–Crippen LogP) is 6.53. The zero-order chi connectivity index (χ0) is 23.9. The Balaban J connectivity index is 1.40. The molecule has 0 aliphatic rings. The Morgan fingerprint density at radius 2 is 1.56 bits per heavy atom. The van der Waals surface area contributed by atoms with Crippen LogP contribution in [0.15, 0.2) is 85.2 Å². The highest BCUT2D eigenvalue weighted by Gasteiger charge is 2.33. The second-order valence-electron chi connectivity index (χ2n) is 7.84. The molecule has 0 aliphatic carbocycles. The molecular weight excluding hydrogens is 449 g/mol. The number of H-pyrrole nitrogens is 1. The van der Waals surface area contributed by atoms with Crippen molar-refractivity contribution in [2.24, 2.45) is 0 Å². The first-order valence-electron chi connectivity index (χ1n) is 10.4. The molecule has 0 radical (unpaired) electrons. The van der Waals surface area contributed by atoms with Crippen molar-refractivity contribution >= 4 is 11.0 Å². The minimum absolute atomic E-state index is 0.0393. The number of fused-ring (bicyclic) bond motifs is 1. The van der Waals surface area contributed by atoms with Gasteiger partial charge in [0, 0.05) is 11.6 Å². The summed E-state index contributed by atoms with van der Waals surface area (Å²) < 4.78 is 69.5. The number of aromatic nitrogens is 3. The highest BCUT2D eigenvalue weighted by Crippen LogP contribution is 2.36. The van der Waals surface area contributed by atoms with Gasteiger partial charge in [-0.1, -0.05) is 48.5 Å². The van der Waals surface area contributed by atoms with Crippen molar-refractivity contribution in [3.05, 3.63) is 108 Å². The van der Waals surface area contributed by atoms with E-state index in [0.29, 0.717) is 23.1 Å². The van der Waals surface area contributed by atoms with Gasteiger partial charge in [0.15, 0.2) is 30.6 Å². The number of halogens is 5. The van der Waals surface area contributed by atoms with Crippen molar-refractivity contribution < 1.29 is 26.5 Å². The van der Waals surface area contributed by atoms with E-state index in [4.69, 9.17) is 0 Å². The summed E-state index contributed by atoms with van der Waals surface area (Å²) in [6, 6.07) is 18.0. The van der Waals surface area contributed by atoms with Crippen LogP contribution in [0.3, 0.4) is 0 Å². The van der Waals surface area contributed by atoms with Crippen LogP contribution < -0.4 is 4.57 Å². The van der Waals surface area contributed by atoms with Crippen LogP contribution in [0.2, 0.25) is 0 Å². The Kier molecular flexibility index (Phi) is 5.36. The summed E-state index contributed by atoms with van der Waals surface area (Å²) in [5.74, 6) is -1.70. The van der Waals surface area contributed by atoms with E-state index in [1.165, 1.54) is 24.3 Å². The molecule has 0 atom stereocenters. The van der Waals surface area contributed by atoms with Gasteiger partial charge in [-0.2, -0.15) is 17.7 Å². The third-order valence-corrected chi connectivity index (χ3v) is 5.55. The number of hydrogen-bond acceptors (Lipinski definition) is 1. The molecule has 0 amide bonds. The Morgan fingerprint density at radius 3 is 2.32 bits per heavy atom. The maximum atomic E-state index is 14.1. The van der Waals surface area contributed by atoms with Gasteiger partial charge < -0.3 is 4.98 Å². The first kappa shape index (κ1) is 21.8. The van der Waals surface area contributed by atoms with Crippen molar-refractivity contribution in [2.45, 2.75) is 12.7 Å². The lowest BCUT2D eigenvalue weighted by Gasteiger charge is -2.12. The average Bonchev–Trinajstić information content (AvgIpc) is 3.24. The minimum atomic E-state index is -4.43. The van der Waals surface area contributed by atoms with Crippen LogP contribution in [0.5, 0.6) is 0 Å². The first-order valence-corrected chi connectivity index (χ1v) is 10.4. The van der Waals surface area contributed by atoms with Crippen LogP contribution in [0, 0.1) is 11.6 Å². The molecular formula is C26H17F5N3+. The molecule has 5 aromatic rings. The number of hydrogen-bond donors (Lipinski definition) is 1. The summed E-state index contributed by atoms with van der Waals surface area (Å²) in [6.07, 6.45) is -0.852. The van der Waals surface area contributed by atoms with Crippen molar-refractivity contribution in [3.63, 3.8) is 0 Å². The number of alkyl halides is 3. The summed E-state index contributed by atoms with van der Waals surface area (Å²) in [5, 5.41) is 0. The lowest BCUT2D eigenvalue weighted by Crippen LogP contribution is -2.33. The molecule has 170 valence electrons. The van der Waals surface area contributed by atoms with E-state index in [1.807, 2.05) is 4.57 Å². The number of nitrogens with one attached hydrogen (secondary N) is 1. The van der Waals surface area contributed by atoms with E-state index in [-0.39, 0.29) is 17.0 Å². The molecule has 0 fully saturated rings. The van der Waals surface area contributed by atoms with Crippen molar-refractivity contribution in [3.8, 4) is 22.5 Å². The SMILES string of the molecule is Fc1cccc(-c2nc3cc[n+](Cc4ccc(-c5ccccc5C(F)(F)F)cc4)cc3[nH]2)c1F. The summed E-state index contributed by atoms with van der Waals surface area (Å²) in [6.45, 7) is 0.458. The van der Waals surface area contributed by atoms with Crippen LogP contribution in [-0.4, -0.2) is 9.97 Å². The summed E-state index contributed by atoms with van der Waals surface area (Å²) in [7, 11) is 0. The fourth-order valence-corrected chi connectivity index (χ4v) is 3.90. The van der Waals surface area contributed by atoms with Crippen LogP contribution >= 0.6 is 0 Å². The maximum Gasteiger partial charge on any atom is 0.417 e. The molecule has 0 saturated carbocycles. The molecule has 0 saturated heterocycles. The Morgan fingerprint density at radius 1 is 0.824 bits per heavy atom. The second kappa shape index (κ2) is 8.37. The summed E-state index contributed by atoms with van der Waals surface area (Å²) in [4.78, 5) is 7.35. The molecule has 0 aliphatic heterocycles. The van der Waals surface area contributed by atoms with Crippen molar-refractivity contribution in [1.82, 2.24) is 9.97 Å². The molecule has 0 bridgehead atoms. The molecule has 2 heterocycles. The monoisotopic (exact) mass is 466 g/mol. The molecule has 0 spiro atoms. The van der Waals surface area contributed by atoms with Gasteiger partial charge in [-0.15, -0.1) is 0 Å². The lowest BCUT2D eigenvalue weighted by atomic mass is 9.98. The van der Waals surface area contributed by atoms with Gasteiger partial charge in [0.05, 0.1) is 11.1 Å². The number of aromatic amines is 1. The maximum absolute atomic E-state index is 14.1.